The first-order valence-electron chi connectivity index (χ1n) is 10.8. The molecule has 0 saturated carbocycles. The number of nitrogens with one attached hydrogen (secondary N) is 1. The minimum Gasteiger partial charge on any atom is -0.464 e. The average Bonchev–Trinajstić information content (AvgIpc) is 3.18. The van der Waals surface area contributed by atoms with Crippen LogP contribution in [0.25, 0.3) is 10.2 Å². The average molecular weight is 417 g/mol. The number of amides is 1. The van der Waals surface area contributed by atoms with Crippen LogP contribution in [0.3, 0.4) is 0 Å². The van der Waals surface area contributed by atoms with Crippen molar-refractivity contribution in [2.24, 2.45) is 0 Å². The van der Waals surface area contributed by atoms with Crippen molar-refractivity contribution in [3.8, 4) is 0 Å². The summed E-state index contributed by atoms with van der Waals surface area (Å²) in [5, 5.41) is 1.19. The molecule has 0 spiro atoms. The van der Waals surface area contributed by atoms with Crippen molar-refractivity contribution < 1.29 is 19.2 Å². The summed E-state index contributed by atoms with van der Waals surface area (Å²) in [7, 11) is 0. The number of hydrogen-bond donors (Lipinski definition) is 1. The van der Waals surface area contributed by atoms with Crippen LogP contribution < -0.4 is 4.90 Å². The third-order valence-electron chi connectivity index (χ3n) is 6.06. The molecule has 1 aromatic carbocycles. The highest BCUT2D eigenvalue weighted by Gasteiger charge is 2.36. The normalized spacial score (nSPS) is 25.1. The smallest absolute Gasteiger partial charge is 0.328 e. The van der Waals surface area contributed by atoms with E-state index in [2.05, 4.69) is 18.2 Å². The van der Waals surface area contributed by atoms with Gasteiger partial charge in [0.15, 0.2) is 6.54 Å². The lowest BCUT2D eigenvalue weighted by Gasteiger charge is -2.35. The van der Waals surface area contributed by atoms with E-state index in [1.165, 1.54) is 14.6 Å². The van der Waals surface area contributed by atoms with Crippen molar-refractivity contribution in [2.75, 3.05) is 32.8 Å². The molecular weight excluding hydrogens is 386 g/mol. The highest BCUT2D eigenvalue weighted by Crippen LogP contribution is 2.30. The molecule has 4 rings (SSSR count). The zero-order valence-corrected chi connectivity index (χ0v) is 17.9. The van der Waals surface area contributed by atoms with E-state index in [1.54, 1.807) is 16.2 Å². The molecule has 0 aliphatic carbocycles. The van der Waals surface area contributed by atoms with Crippen LogP contribution in [-0.2, 0) is 14.3 Å². The maximum atomic E-state index is 13.1. The number of quaternary nitrogens is 1. The van der Waals surface area contributed by atoms with E-state index < -0.39 is 6.04 Å². The summed E-state index contributed by atoms with van der Waals surface area (Å²) in [6.07, 6.45) is 4.89. The number of carbonyl (C=O) groups excluding carboxylic acids is 2. The molecular formula is C22H30N3O3S+. The number of ether oxygens (including phenoxy) is 1. The van der Waals surface area contributed by atoms with Gasteiger partial charge in [0.1, 0.15) is 11.0 Å². The summed E-state index contributed by atoms with van der Waals surface area (Å²) in [6, 6.07) is 7.87. The van der Waals surface area contributed by atoms with Gasteiger partial charge < -0.3 is 14.5 Å². The molecule has 2 aliphatic heterocycles. The van der Waals surface area contributed by atoms with Crippen molar-refractivity contribution in [3.63, 3.8) is 0 Å². The van der Waals surface area contributed by atoms with Crippen LogP contribution in [0.5, 0.6) is 0 Å². The zero-order chi connectivity index (χ0) is 20.2. The molecule has 0 bridgehead atoms. The Morgan fingerprint density at radius 2 is 2.10 bits per heavy atom. The number of fused-ring (bicyclic) bond motifs is 1. The summed E-state index contributed by atoms with van der Waals surface area (Å²) in [4.78, 5) is 33.3. The van der Waals surface area contributed by atoms with Crippen LogP contribution in [0.15, 0.2) is 24.3 Å². The summed E-state index contributed by atoms with van der Waals surface area (Å²) in [5.74, 6) is 0.246. The third-order valence-corrected chi connectivity index (χ3v) is 7.26. The second-order valence-corrected chi connectivity index (χ2v) is 9.15. The van der Waals surface area contributed by atoms with Crippen LogP contribution in [0.2, 0.25) is 0 Å². The first-order valence-corrected chi connectivity index (χ1v) is 11.6. The SMILES string of the molecule is CCOC(=O)[C@H]1CCCCN1C(=O)C[NH+]1CCC[C@H](c2nc3ccccc3s2)C1. The van der Waals surface area contributed by atoms with Gasteiger partial charge in [-0.25, -0.2) is 9.78 Å². The molecule has 7 heteroatoms. The second-order valence-electron chi connectivity index (χ2n) is 8.09. The summed E-state index contributed by atoms with van der Waals surface area (Å²) < 4.78 is 6.44. The van der Waals surface area contributed by atoms with Gasteiger partial charge in [0.05, 0.1) is 35.8 Å². The van der Waals surface area contributed by atoms with E-state index in [4.69, 9.17) is 9.72 Å². The zero-order valence-electron chi connectivity index (χ0n) is 17.1. The molecule has 2 saturated heterocycles. The van der Waals surface area contributed by atoms with Gasteiger partial charge >= 0.3 is 5.97 Å². The van der Waals surface area contributed by atoms with Crippen LogP contribution >= 0.6 is 11.3 Å². The molecule has 156 valence electrons. The summed E-state index contributed by atoms with van der Waals surface area (Å²) in [6.45, 7) is 5.23. The Labute approximate surface area is 175 Å². The first-order chi connectivity index (χ1) is 14.2. The maximum absolute atomic E-state index is 13.1. The number of piperidine rings is 2. The van der Waals surface area contributed by atoms with Gasteiger partial charge in [-0.3, -0.25) is 4.79 Å². The van der Waals surface area contributed by atoms with Gasteiger partial charge in [0.2, 0.25) is 0 Å². The number of thiazole rings is 1. The van der Waals surface area contributed by atoms with Gasteiger partial charge in [-0.2, -0.15) is 0 Å². The van der Waals surface area contributed by atoms with Gasteiger partial charge in [0, 0.05) is 6.54 Å². The third kappa shape index (κ3) is 4.61. The van der Waals surface area contributed by atoms with Crippen molar-refractivity contribution >= 4 is 33.4 Å². The van der Waals surface area contributed by atoms with Crippen molar-refractivity contribution in [1.82, 2.24) is 9.88 Å². The van der Waals surface area contributed by atoms with Crippen LogP contribution in [0, 0.1) is 0 Å². The van der Waals surface area contributed by atoms with Gasteiger partial charge in [0.25, 0.3) is 5.91 Å². The Hall–Kier alpha value is -1.99. The number of rotatable bonds is 5. The molecule has 1 amide bonds. The molecule has 2 aliphatic rings. The Balaban J connectivity index is 1.40. The lowest BCUT2D eigenvalue weighted by atomic mass is 9.98. The summed E-state index contributed by atoms with van der Waals surface area (Å²) >= 11 is 1.78. The van der Waals surface area contributed by atoms with E-state index >= 15 is 0 Å². The lowest BCUT2D eigenvalue weighted by molar-refractivity contribution is -0.898. The Kier molecular flexibility index (Phi) is 6.45. The van der Waals surface area contributed by atoms with Crippen LogP contribution in [-0.4, -0.2) is 60.6 Å². The standard InChI is InChI=1S/C22H29N3O3S/c1-2-28-22(27)18-10-5-6-13-25(18)20(26)15-24-12-7-8-16(14-24)21-23-17-9-3-4-11-19(17)29-21/h3-4,9,11,16,18H,2,5-8,10,12-15H2,1H3/p+1/t16-,18+/m0/s1. The number of benzene rings is 1. The Bertz CT molecular complexity index is 835. The highest BCUT2D eigenvalue weighted by molar-refractivity contribution is 7.18. The van der Waals surface area contributed by atoms with Crippen LogP contribution in [0.1, 0.15) is 50.0 Å². The monoisotopic (exact) mass is 416 g/mol. The number of likely N-dealkylation sites (tertiary alicyclic amines) is 2. The molecule has 0 radical (unpaired) electrons. The molecule has 6 nitrogen and oxygen atoms in total. The second kappa shape index (κ2) is 9.22. The van der Waals surface area contributed by atoms with E-state index in [1.807, 2.05) is 13.0 Å². The van der Waals surface area contributed by atoms with Gasteiger partial charge in [-0.05, 0) is 51.2 Å². The summed E-state index contributed by atoms with van der Waals surface area (Å²) in [5.41, 5.74) is 1.07. The predicted molar refractivity (Wildman–Crippen MR) is 113 cm³/mol. The quantitative estimate of drug-likeness (QED) is 0.758. The Morgan fingerprint density at radius 1 is 1.24 bits per heavy atom. The van der Waals surface area contributed by atoms with E-state index in [-0.39, 0.29) is 11.9 Å². The molecule has 29 heavy (non-hydrogen) atoms. The molecule has 2 aromatic rings. The molecule has 3 atom stereocenters. The maximum Gasteiger partial charge on any atom is 0.328 e. The highest BCUT2D eigenvalue weighted by atomic mass is 32.1. The molecule has 3 heterocycles. The van der Waals surface area contributed by atoms with Crippen molar-refractivity contribution in [2.45, 2.75) is 51.0 Å². The number of hydrogen-bond acceptors (Lipinski definition) is 5. The fourth-order valence-corrected chi connectivity index (χ4v) is 5.72. The molecule has 2 fully saturated rings. The van der Waals surface area contributed by atoms with Gasteiger partial charge in [-0.15, -0.1) is 11.3 Å². The minimum atomic E-state index is -0.402. The fourth-order valence-electron chi connectivity index (χ4n) is 4.62. The number of esters is 1. The van der Waals surface area contributed by atoms with E-state index in [0.29, 0.717) is 32.0 Å². The van der Waals surface area contributed by atoms with E-state index in [0.717, 1.165) is 44.3 Å². The number of para-hydroxylation sites is 1. The van der Waals surface area contributed by atoms with Crippen molar-refractivity contribution in [1.29, 1.82) is 0 Å². The number of nitrogens with zero attached hydrogens (tertiary/aromatic N) is 2. The predicted octanol–water partition coefficient (Wildman–Crippen LogP) is 2.00. The fraction of sp³-hybridized carbons (Fsp3) is 0.591. The number of carbonyl (C=O) groups is 2. The molecule has 1 aromatic heterocycles. The Morgan fingerprint density at radius 3 is 2.93 bits per heavy atom. The largest absolute Gasteiger partial charge is 0.464 e. The molecule has 1 unspecified atom stereocenters. The topological polar surface area (TPSA) is 63.9 Å². The number of aromatic nitrogens is 1. The van der Waals surface area contributed by atoms with E-state index in [9.17, 15) is 9.59 Å². The van der Waals surface area contributed by atoms with Gasteiger partial charge in [-0.1, -0.05) is 12.1 Å². The van der Waals surface area contributed by atoms with Crippen LogP contribution in [0.4, 0.5) is 0 Å². The first kappa shape index (κ1) is 20.3. The molecule has 1 N–H and O–H groups in total. The lowest BCUT2D eigenvalue weighted by Crippen LogP contribution is -3.14. The van der Waals surface area contributed by atoms with Crippen molar-refractivity contribution in [3.05, 3.63) is 29.3 Å². The minimum absolute atomic E-state index is 0.0858.